The molecule has 0 atom stereocenters. The third kappa shape index (κ3) is 2.85. The molecule has 1 aliphatic carbocycles. The zero-order chi connectivity index (χ0) is 15.9. The molecule has 4 heteroatoms. The van der Waals surface area contributed by atoms with Crippen molar-refractivity contribution in [2.75, 3.05) is 0 Å². The summed E-state index contributed by atoms with van der Waals surface area (Å²) in [4.78, 5) is 14.4. The van der Waals surface area contributed by atoms with Crippen molar-refractivity contribution in [3.63, 3.8) is 0 Å². The van der Waals surface area contributed by atoms with E-state index < -0.39 is 0 Å². The van der Waals surface area contributed by atoms with Crippen LogP contribution >= 0.6 is 33.2 Å². The molecule has 1 heterocycles. The zero-order valence-electron chi connectivity index (χ0n) is 12.6. The predicted molar refractivity (Wildman–Crippen MR) is 98.8 cm³/mol. The van der Waals surface area contributed by atoms with E-state index in [9.17, 15) is 4.79 Å². The number of ketones is 1. The molecule has 1 aliphatic heterocycles. The van der Waals surface area contributed by atoms with Crippen LogP contribution in [0.2, 0.25) is 5.02 Å². The average molecular weight is 347 g/mol. The Hall–Kier alpha value is -1.16. The van der Waals surface area contributed by atoms with Gasteiger partial charge in [-0.2, -0.15) is 0 Å². The van der Waals surface area contributed by atoms with Crippen molar-refractivity contribution in [2.45, 2.75) is 20.8 Å². The second-order valence-corrected chi connectivity index (χ2v) is 7.98. The van der Waals surface area contributed by atoms with Gasteiger partial charge in [0.15, 0.2) is 5.78 Å². The van der Waals surface area contributed by atoms with Gasteiger partial charge in [-0.15, -0.1) is 0 Å². The van der Waals surface area contributed by atoms with E-state index in [2.05, 4.69) is 19.1 Å². The number of hydrogen-bond acceptors (Lipinski definition) is 3. The molecule has 22 heavy (non-hydrogen) atoms. The highest BCUT2D eigenvalue weighted by Crippen LogP contribution is 2.55. The van der Waals surface area contributed by atoms with Crippen molar-refractivity contribution >= 4 is 43.9 Å². The Balaban J connectivity index is 2.06. The smallest absolute Gasteiger partial charge is 0.184 e. The SMILES string of the molecule is CC1=CC(=C2SSC(c3ccc(Cl)cc3)=C2C)C=C(C)C1=O. The first-order valence-electron chi connectivity index (χ1n) is 6.94. The van der Waals surface area contributed by atoms with Crippen LogP contribution in [0, 0.1) is 0 Å². The summed E-state index contributed by atoms with van der Waals surface area (Å²) in [6, 6.07) is 7.94. The highest BCUT2D eigenvalue weighted by atomic mass is 35.5. The molecule has 0 amide bonds. The molecular weight excluding hydrogens is 332 g/mol. The van der Waals surface area contributed by atoms with E-state index in [1.54, 1.807) is 21.6 Å². The summed E-state index contributed by atoms with van der Waals surface area (Å²) in [5, 5.41) is 0.749. The number of carbonyl (C=O) groups is 1. The van der Waals surface area contributed by atoms with Crippen molar-refractivity contribution in [1.82, 2.24) is 0 Å². The fourth-order valence-electron chi connectivity index (χ4n) is 2.52. The van der Waals surface area contributed by atoms with E-state index in [4.69, 9.17) is 11.6 Å². The van der Waals surface area contributed by atoms with Crippen molar-refractivity contribution in [2.24, 2.45) is 0 Å². The minimum absolute atomic E-state index is 0.138. The van der Waals surface area contributed by atoms with Crippen LogP contribution in [-0.4, -0.2) is 5.78 Å². The summed E-state index contributed by atoms with van der Waals surface area (Å²) in [6.45, 7) is 5.90. The van der Waals surface area contributed by atoms with Crippen LogP contribution in [-0.2, 0) is 4.79 Å². The van der Waals surface area contributed by atoms with Gasteiger partial charge in [-0.1, -0.05) is 45.3 Å². The molecule has 1 aromatic rings. The van der Waals surface area contributed by atoms with Gasteiger partial charge in [0, 0.05) is 14.8 Å². The number of rotatable bonds is 1. The minimum Gasteiger partial charge on any atom is -0.289 e. The number of halogens is 1. The third-order valence-electron chi connectivity index (χ3n) is 3.72. The first-order chi connectivity index (χ1) is 10.5. The summed E-state index contributed by atoms with van der Waals surface area (Å²) < 4.78 is 0. The van der Waals surface area contributed by atoms with Crippen molar-refractivity contribution < 1.29 is 4.79 Å². The zero-order valence-corrected chi connectivity index (χ0v) is 15.0. The van der Waals surface area contributed by atoms with Crippen LogP contribution < -0.4 is 0 Å². The van der Waals surface area contributed by atoms with Crippen LogP contribution in [0.25, 0.3) is 4.91 Å². The van der Waals surface area contributed by atoms with E-state index >= 15 is 0 Å². The van der Waals surface area contributed by atoms with Crippen molar-refractivity contribution in [3.05, 3.63) is 74.2 Å². The molecule has 1 nitrogen and oxygen atoms in total. The fourth-order valence-corrected chi connectivity index (χ4v) is 5.61. The maximum absolute atomic E-state index is 11.9. The molecule has 0 aromatic heterocycles. The first kappa shape index (κ1) is 15.7. The fraction of sp³-hybridized carbons (Fsp3) is 0.167. The highest BCUT2D eigenvalue weighted by molar-refractivity contribution is 8.82. The molecule has 0 unspecified atom stereocenters. The van der Waals surface area contributed by atoms with Gasteiger partial charge in [0.25, 0.3) is 0 Å². The van der Waals surface area contributed by atoms with E-state index in [0.717, 1.165) is 21.7 Å². The lowest BCUT2D eigenvalue weighted by Crippen LogP contribution is -2.06. The summed E-state index contributed by atoms with van der Waals surface area (Å²) in [5.74, 6) is 0.138. The Morgan fingerprint density at radius 3 is 2.00 bits per heavy atom. The van der Waals surface area contributed by atoms with E-state index in [0.29, 0.717) is 0 Å². The van der Waals surface area contributed by atoms with E-state index in [1.165, 1.54) is 20.9 Å². The van der Waals surface area contributed by atoms with Gasteiger partial charge in [0.05, 0.1) is 0 Å². The molecule has 1 aromatic carbocycles. The average Bonchev–Trinajstić information content (AvgIpc) is 2.87. The molecule has 112 valence electrons. The van der Waals surface area contributed by atoms with Gasteiger partial charge >= 0.3 is 0 Å². The number of hydrogen-bond donors (Lipinski definition) is 0. The summed E-state index contributed by atoms with van der Waals surface area (Å²) in [5.41, 5.74) is 5.19. The molecule has 0 spiro atoms. The molecule has 0 saturated heterocycles. The molecule has 0 bridgehead atoms. The van der Waals surface area contributed by atoms with E-state index in [1.807, 2.05) is 38.1 Å². The standard InChI is InChI=1S/C18H15ClOS2/c1-10-8-14(9-11(2)16(10)20)18-12(3)17(21-22-18)13-4-6-15(19)7-5-13/h4-9H,1-3H3. The lowest BCUT2D eigenvalue weighted by molar-refractivity contribution is -0.112. The Kier molecular flexibility index (Phi) is 4.40. The number of benzene rings is 1. The van der Waals surface area contributed by atoms with Gasteiger partial charge < -0.3 is 0 Å². The summed E-state index contributed by atoms with van der Waals surface area (Å²) in [6.07, 6.45) is 3.99. The van der Waals surface area contributed by atoms with Gasteiger partial charge in [0.1, 0.15) is 0 Å². The Morgan fingerprint density at radius 1 is 0.864 bits per heavy atom. The molecule has 3 rings (SSSR count). The first-order valence-corrected chi connectivity index (χ1v) is 9.47. The molecule has 0 N–H and O–H groups in total. The highest BCUT2D eigenvalue weighted by Gasteiger charge is 2.24. The number of allylic oxidation sites excluding steroid dienone is 6. The molecule has 0 fully saturated rings. The molecular formula is C18H15ClOS2. The van der Waals surface area contributed by atoms with Crippen LogP contribution in [0.4, 0.5) is 0 Å². The topological polar surface area (TPSA) is 17.1 Å². The maximum atomic E-state index is 11.9. The van der Waals surface area contributed by atoms with Crippen LogP contribution in [0.5, 0.6) is 0 Å². The molecule has 0 radical (unpaired) electrons. The maximum Gasteiger partial charge on any atom is 0.184 e. The van der Waals surface area contributed by atoms with Gasteiger partial charge in [-0.25, -0.2) is 0 Å². The van der Waals surface area contributed by atoms with Crippen LogP contribution in [0.15, 0.2) is 63.6 Å². The second-order valence-electron chi connectivity index (χ2n) is 5.40. The Morgan fingerprint density at radius 2 is 1.41 bits per heavy atom. The van der Waals surface area contributed by atoms with Crippen molar-refractivity contribution in [3.8, 4) is 0 Å². The van der Waals surface area contributed by atoms with E-state index in [-0.39, 0.29) is 5.78 Å². The van der Waals surface area contributed by atoms with Gasteiger partial charge in [-0.05, 0) is 72.9 Å². The molecule has 2 aliphatic rings. The Labute approximate surface area is 143 Å². The normalized spacial score (nSPS) is 18.8. The largest absolute Gasteiger partial charge is 0.289 e. The molecule has 0 saturated carbocycles. The van der Waals surface area contributed by atoms with Gasteiger partial charge in [0.2, 0.25) is 0 Å². The Bertz CT molecular complexity index is 756. The summed E-state index contributed by atoms with van der Waals surface area (Å²) >= 11 is 5.97. The lowest BCUT2D eigenvalue weighted by atomic mass is 9.94. The predicted octanol–water partition coefficient (Wildman–Crippen LogP) is 6.20. The number of carbonyl (C=O) groups excluding carboxylic acids is 1. The second kappa shape index (κ2) is 6.15. The number of Topliss-reactive ketones (excluding diaryl/α,β-unsaturated/α-hetero) is 1. The van der Waals surface area contributed by atoms with Crippen LogP contribution in [0.3, 0.4) is 0 Å². The summed E-state index contributed by atoms with van der Waals surface area (Å²) in [7, 11) is 3.52. The van der Waals surface area contributed by atoms with Gasteiger partial charge in [-0.3, -0.25) is 4.79 Å². The monoisotopic (exact) mass is 346 g/mol. The minimum atomic E-state index is 0.138. The quantitative estimate of drug-likeness (QED) is 0.564. The van der Waals surface area contributed by atoms with Crippen LogP contribution in [0.1, 0.15) is 26.3 Å². The third-order valence-corrected chi connectivity index (χ3v) is 6.72. The lowest BCUT2D eigenvalue weighted by Gasteiger charge is -2.12. The van der Waals surface area contributed by atoms with Crippen molar-refractivity contribution in [1.29, 1.82) is 0 Å².